The zero-order chi connectivity index (χ0) is 14.7. The molecule has 0 fully saturated rings. The quantitative estimate of drug-likeness (QED) is 0.843. The van der Waals surface area contributed by atoms with E-state index in [4.69, 9.17) is 10.5 Å². The molecule has 4 nitrogen and oxygen atoms in total. The maximum atomic E-state index is 12.2. The Morgan fingerprint density at radius 1 is 1.25 bits per heavy atom. The Morgan fingerprint density at radius 2 is 2.00 bits per heavy atom. The Balaban J connectivity index is 2.27. The van der Waals surface area contributed by atoms with Gasteiger partial charge in [-0.15, -0.1) is 0 Å². The minimum Gasteiger partial charge on any atom is -0.495 e. The number of halogens is 1. The molecule has 104 valence electrons. The van der Waals surface area contributed by atoms with Crippen LogP contribution in [0.1, 0.15) is 15.9 Å². The van der Waals surface area contributed by atoms with Gasteiger partial charge in [0.25, 0.3) is 5.91 Å². The molecule has 0 radical (unpaired) electrons. The molecule has 2 rings (SSSR count). The SMILES string of the molecule is COc1ccc(Br)cc1NC(=O)c1ccc(N)c(C)c1. The zero-order valence-corrected chi connectivity index (χ0v) is 12.8. The summed E-state index contributed by atoms with van der Waals surface area (Å²) < 4.78 is 6.09. The van der Waals surface area contributed by atoms with Gasteiger partial charge in [-0.1, -0.05) is 15.9 Å². The van der Waals surface area contributed by atoms with E-state index in [0.717, 1.165) is 10.0 Å². The van der Waals surface area contributed by atoms with Gasteiger partial charge >= 0.3 is 0 Å². The van der Waals surface area contributed by atoms with Gasteiger partial charge in [0, 0.05) is 15.7 Å². The van der Waals surface area contributed by atoms with Crippen LogP contribution in [0.4, 0.5) is 11.4 Å². The smallest absolute Gasteiger partial charge is 0.255 e. The summed E-state index contributed by atoms with van der Waals surface area (Å²) in [7, 11) is 1.56. The average molecular weight is 335 g/mol. The molecule has 2 aromatic rings. The number of nitrogens with one attached hydrogen (secondary N) is 1. The third kappa shape index (κ3) is 3.11. The number of rotatable bonds is 3. The number of nitrogens with two attached hydrogens (primary N) is 1. The molecule has 0 aromatic heterocycles. The van der Waals surface area contributed by atoms with Gasteiger partial charge in [0.15, 0.2) is 0 Å². The molecule has 2 aromatic carbocycles. The number of nitrogen functional groups attached to an aromatic ring is 1. The van der Waals surface area contributed by atoms with Crippen molar-refractivity contribution in [1.82, 2.24) is 0 Å². The fraction of sp³-hybridized carbons (Fsp3) is 0.133. The van der Waals surface area contributed by atoms with E-state index in [9.17, 15) is 4.79 Å². The standard InChI is InChI=1S/C15H15BrN2O2/c1-9-7-10(3-5-12(9)17)15(19)18-13-8-11(16)4-6-14(13)20-2/h3-8H,17H2,1-2H3,(H,18,19). The number of carbonyl (C=O) groups is 1. The highest BCUT2D eigenvalue weighted by molar-refractivity contribution is 9.10. The van der Waals surface area contributed by atoms with Crippen LogP contribution >= 0.6 is 15.9 Å². The molecular formula is C15H15BrN2O2. The number of aryl methyl sites for hydroxylation is 1. The molecule has 0 aliphatic rings. The number of methoxy groups -OCH3 is 1. The summed E-state index contributed by atoms with van der Waals surface area (Å²) in [5.41, 5.74) is 8.46. The van der Waals surface area contributed by atoms with Gasteiger partial charge in [0.2, 0.25) is 0 Å². The van der Waals surface area contributed by atoms with Crippen molar-refractivity contribution in [2.45, 2.75) is 6.92 Å². The summed E-state index contributed by atoms with van der Waals surface area (Å²) in [6.07, 6.45) is 0. The lowest BCUT2D eigenvalue weighted by molar-refractivity contribution is 0.102. The van der Waals surface area contributed by atoms with Gasteiger partial charge in [-0.05, 0) is 48.9 Å². The molecule has 0 aliphatic carbocycles. The summed E-state index contributed by atoms with van der Waals surface area (Å²) >= 11 is 3.37. The molecular weight excluding hydrogens is 320 g/mol. The maximum absolute atomic E-state index is 12.2. The second kappa shape index (κ2) is 5.96. The van der Waals surface area contributed by atoms with E-state index < -0.39 is 0 Å². The van der Waals surface area contributed by atoms with E-state index in [0.29, 0.717) is 22.7 Å². The number of hydrogen-bond donors (Lipinski definition) is 2. The van der Waals surface area contributed by atoms with E-state index in [1.165, 1.54) is 0 Å². The van der Waals surface area contributed by atoms with Crippen LogP contribution in [0, 0.1) is 6.92 Å². The summed E-state index contributed by atoms with van der Waals surface area (Å²) in [5.74, 6) is 0.401. The first kappa shape index (κ1) is 14.4. The molecule has 0 heterocycles. The van der Waals surface area contributed by atoms with Crippen molar-refractivity contribution >= 4 is 33.2 Å². The Labute approximate surface area is 126 Å². The van der Waals surface area contributed by atoms with Crippen LogP contribution in [0.15, 0.2) is 40.9 Å². The van der Waals surface area contributed by atoms with Crippen molar-refractivity contribution in [2.75, 3.05) is 18.2 Å². The van der Waals surface area contributed by atoms with Crippen LogP contribution in [0.25, 0.3) is 0 Å². The number of carbonyl (C=O) groups excluding carboxylic acids is 1. The summed E-state index contributed by atoms with van der Waals surface area (Å²) in [6, 6.07) is 10.6. The lowest BCUT2D eigenvalue weighted by atomic mass is 10.1. The van der Waals surface area contributed by atoms with Crippen LogP contribution in [-0.4, -0.2) is 13.0 Å². The Morgan fingerprint density at radius 3 is 2.65 bits per heavy atom. The van der Waals surface area contributed by atoms with Gasteiger partial charge in [0.05, 0.1) is 12.8 Å². The van der Waals surface area contributed by atoms with E-state index in [2.05, 4.69) is 21.2 Å². The van der Waals surface area contributed by atoms with Gasteiger partial charge in [-0.2, -0.15) is 0 Å². The molecule has 0 aliphatic heterocycles. The van der Waals surface area contributed by atoms with Gasteiger partial charge < -0.3 is 15.8 Å². The molecule has 0 atom stereocenters. The van der Waals surface area contributed by atoms with E-state index in [1.54, 1.807) is 37.4 Å². The first-order chi connectivity index (χ1) is 9.51. The predicted octanol–water partition coefficient (Wildman–Crippen LogP) is 3.60. The Bertz CT molecular complexity index is 656. The monoisotopic (exact) mass is 334 g/mol. The van der Waals surface area contributed by atoms with Crippen molar-refractivity contribution < 1.29 is 9.53 Å². The van der Waals surface area contributed by atoms with Crippen molar-refractivity contribution in [2.24, 2.45) is 0 Å². The lowest BCUT2D eigenvalue weighted by Crippen LogP contribution is -2.13. The predicted molar refractivity (Wildman–Crippen MR) is 84.2 cm³/mol. The summed E-state index contributed by atoms with van der Waals surface area (Å²) in [6.45, 7) is 1.87. The summed E-state index contributed by atoms with van der Waals surface area (Å²) in [4.78, 5) is 12.2. The number of hydrogen-bond acceptors (Lipinski definition) is 3. The molecule has 5 heteroatoms. The third-order valence-electron chi connectivity index (χ3n) is 2.94. The van der Waals surface area contributed by atoms with E-state index >= 15 is 0 Å². The number of anilines is 2. The fourth-order valence-corrected chi connectivity index (χ4v) is 2.15. The molecule has 0 saturated heterocycles. The van der Waals surface area contributed by atoms with Gasteiger partial charge in [-0.25, -0.2) is 0 Å². The minimum atomic E-state index is -0.204. The van der Waals surface area contributed by atoms with Gasteiger partial charge in [-0.3, -0.25) is 4.79 Å². The molecule has 0 unspecified atom stereocenters. The van der Waals surface area contributed by atoms with Crippen LogP contribution in [0.5, 0.6) is 5.75 Å². The highest BCUT2D eigenvalue weighted by atomic mass is 79.9. The highest BCUT2D eigenvalue weighted by Gasteiger charge is 2.11. The van der Waals surface area contributed by atoms with E-state index in [1.807, 2.05) is 13.0 Å². The van der Waals surface area contributed by atoms with Crippen molar-refractivity contribution in [3.63, 3.8) is 0 Å². The van der Waals surface area contributed by atoms with E-state index in [-0.39, 0.29) is 5.91 Å². The average Bonchev–Trinajstić information content (AvgIpc) is 2.42. The highest BCUT2D eigenvalue weighted by Crippen LogP contribution is 2.28. The maximum Gasteiger partial charge on any atom is 0.255 e. The van der Waals surface area contributed by atoms with Crippen molar-refractivity contribution in [3.05, 3.63) is 52.0 Å². The van der Waals surface area contributed by atoms with Crippen LogP contribution in [-0.2, 0) is 0 Å². The lowest BCUT2D eigenvalue weighted by Gasteiger charge is -2.11. The minimum absolute atomic E-state index is 0.204. The first-order valence-electron chi connectivity index (χ1n) is 6.02. The third-order valence-corrected chi connectivity index (χ3v) is 3.43. The molecule has 20 heavy (non-hydrogen) atoms. The van der Waals surface area contributed by atoms with Gasteiger partial charge in [0.1, 0.15) is 5.75 Å². The van der Waals surface area contributed by atoms with Crippen LogP contribution < -0.4 is 15.8 Å². The molecule has 3 N–H and O–H groups in total. The molecule has 0 spiro atoms. The van der Waals surface area contributed by atoms with Crippen molar-refractivity contribution in [3.8, 4) is 5.75 Å². The first-order valence-corrected chi connectivity index (χ1v) is 6.81. The van der Waals surface area contributed by atoms with Crippen molar-refractivity contribution in [1.29, 1.82) is 0 Å². The zero-order valence-electron chi connectivity index (χ0n) is 11.2. The number of ether oxygens (including phenoxy) is 1. The fourth-order valence-electron chi connectivity index (χ4n) is 1.79. The second-order valence-corrected chi connectivity index (χ2v) is 5.29. The largest absolute Gasteiger partial charge is 0.495 e. The normalized spacial score (nSPS) is 10.2. The summed E-state index contributed by atoms with van der Waals surface area (Å²) in [5, 5.41) is 2.83. The number of benzene rings is 2. The second-order valence-electron chi connectivity index (χ2n) is 4.37. The molecule has 0 saturated carbocycles. The Hall–Kier alpha value is -2.01. The number of amides is 1. The van der Waals surface area contributed by atoms with Crippen LogP contribution in [0.3, 0.4) is 0 Å². The topological polar surface area (TPSA) is 64.3 Å². The Kier molecular flexibility index (Phi) is 4.29. The van der Waals surface area contributed by atoms with Crippen LogP contribution in [0.2, 0.25) is 0 Å². The molecule has 0 bridgehead atoms. The molecule has 1 amide bonds.